The van der Waals surface area contributed by atoms with Crippen LogP contribution >= 0.6 is 0 Å². The quantitative estimate of drug-likeness (QED) is 0.272. The normalized spacial score (nSPS) is 18.6. The van der Waals surface area contributed by atoms with Crippen molar-refractivity contribution in [2.75, 3.05) is 39.9 Å². The molecule has 0 aliphatic carbocycles. The number of nitrogens with one attached hydrogen (secondary N) is 1. The van der Waals surface area contributed by atoms with Crippen molar-refractivity contribution in [3.8, 4) is 5.75 Å². The van der Waals surface area contributed by atoms with Gasteiger partial charge in [-0.05, 0) is 58.7 Å². The van der Waals surface area contributed by atoms with Gasteiger partial charge < -0.3 is 14.5 Å². The van der Waals surface area contributed by atoms with Crippen LogP contribution in [0.15, 0.2) is 89.7 Å². The van der Waals surface area contributed by atoms with Crippen LogP contribution in [0, 0.1) is 0 Å². The highest BCUT2D eigenvalue weighted by molar-refractivity contribution is 5.80. The van der Waals surface area contributed by atoms with Crippen molar-refractivity contribution in [1.82, 2.24) is 35.0 Å². The molecule has 0 bridgehead atoms. The van der Waals surface area contributed by atoms with Gasteiger partial charge in [-0.25, -0.2) is 4.68 Å². The van der Waals surface area contributed by atoms with Gasteiger partial charge >= 0.3 is 0 Å². The van der Waals surface area contributed by atoms with Gasteiger partial charge in [0.25, 0.3) is 5.56 Å². The fourth-order valence-corrected chi connectivity index (χ4v) is 6.69. The van der Waals surface area contributed by atoms with Crippen molar-refractivity contribution >= 4 is 10.9 Å². The van der Waals surface area contributed by atoms with Gasteiger partial charge in [0, 0.05) is 49.3 Å². The second-order valence-electron chi connectivity index (χ2n) is 11.6. The molecule has 7 rings (SSSR count). The highest BCUT2D eigenvalue weighted by Crippen LogP contribution is 2.33. The summed E-state index contributed by atoms with van der Waals surface area (Å²) >= 11 is 0. The molecule has 5 aromatic rings. The van der Waals surface area contributed by atoms with Gasteiger partial charge in [-0.15, -0.1) is 5.10 Å². The van der Waals surface area contributed by atoms with Gasteiger partial charge in [0.1, 0.15) is 11.8 Å². The van der Waals surface area contributed by atoms with Gasteiger partial charge in [-0.3, -0.25) is 14.6 Å². The zero-order valence-corrected chi connectivity index (χ0v) is 24.9. The van der Waals surface area contributed by atoms with E-state index in [-0.39, 0.29) is 17.7 Å². The molecular formula is C34H37N7O3. The Kier molecular flexibility index (Phi) is 8.19. The first-order valence-electron chi connectivity index (χ1n) is 15.3. The Bertz CT molecular complexity index is 1700. The average molecular weight is 592 g/mol. The van der Waals surface area contributed by atoms with E-state index < -0.39 is 6.04 Å². The van der Waals surface area contributed by atoms with Gasteiger partial charge in [-0.1, -0.05) is 60.7 Å². The number of rotatable bonds is 9. The average Bonchev–Trinajstić information content (AvgIpc) is 3.76. The van der Waals surface area contributed by atoms with Crippen LogP contribution in [0.2, 0.25) is 0 Å². The van der Waals surface area contributed by atoms with Gasteiger partial charge in [0.2, 0.25) is 0 Å². The number of H-pyrrole nitrogens is 1. The number of hydrogen-bond donors (Lipinski definition) is 1. The van der Waals surface area contributed by atoms with E-state index in [0.717, 1.165) is 62.3 Å². The molecule has 3 aromatic carbocycles. The lowest BCUT2D eigenvalue weighted by Gasteiger charge is -2.42. The van der Waals surface area contributed by atoms with Crippen LogP contribution in [-0.2, 0) is 11.3 Å². The van der Waals surface area contributed by atoms with Crippen LogP contribution in [0.4, 0.5) is 0 Å². The van der Waals surface area contributed by atoms with Gasteiger partial charge in [0.15, 0.2) is 5.82 Å². The molecule has 1 N–H and O–H groups in total. The zero-order valence-electron chi connectivity index (χ0n) is 24.9. The third kappa shape index (κ3) is 5.76. The first-order valence-corrected chi connectivity index (χ1v) is 15.3. The van der Waals surface area contributed by atoms with E-state index in [1.165, 1.54) is 11.1 Å². The Morgan fingerprint density at radius 2 is 1.59 bits per heavy atom. The number of piperazine rings is 1. The zero-order chi connectivity index (χ0) is 29.9. The molecule has 0 saturated carbocycles. The molecule has 226 valence electrons. The molecule has 0 radical (unpaired) electrons. The molecule has 2 fully saturated rings. The molecule has 2 saturated heterocycles. The highest BCUT2D eigenvalue weighted by Gasteiger charge is 2.35. The largest absolute Gasteiger partial charge is 0.497 e. The van der Waals surface area contributed by atoms with Crippen molar-refractivity contribution < 1.29 is 9.47 Å². The summed E-state index contributed by atoms with van der Waals surface area (Å²) in [5.41, 5.74) is 3.77. The Hall–Kier alpha value is -4.38. The molecule has 44 heavy (non-hydrogen) atoms. The smallest absolute Gasteiger partial charge is 0.253 e. The molecule has 2 atom stereocenters. The molecule has 2 aliphatic heterocycles. The first kappa shape index (κ1) is 28.4. The predicted molar refractivity (Wildman–Crippen MR) is 168 cm³/mol. The summed E-state index contributed by atoms with van der Waals surface area (Å²) < 4.78 is 13.2. The summed E-state index contributed by atoms with van der Waals surface area (Å²) in [4.78, 5) is 21.7. The van der Waals surface area contributed by atoms with E-state index >= 15 is 0 Å². The first-order chi connectivity index (χ1) is 21.7. The Labute approximate surface area is 256 Å². The Morgan fingerprint density at radius 3 is 2.23 bits per heavy atom. The summed E-state index contributed by atoms with van der Waals surface area (Å²) in [5.74, 6) is 1.39. The number of tetrazole rings is 1. The molecule has 2 aromatic heterocycles. The fourth-order valence-electron chi connectivity index (χ4n) is 6.69. The summed E-state index contributed by atoms with van der Waals surface area (Å²) in [6.07, 6.45) is 2.06. The molecule has 2 aliphatic rings. The summed E-state index contributed by atoms with van der Waals surface area (Å²) in [5, 5.41) is 13.9. The lowest BCUT2D eigenvalue weighted by atomic mass is 9.96. The van der Waals surface area contributed by atoms with E-state index in [1.54, 1.807) is 7.11 Å². The van der Waals surface area contributed by atoms with E-state index in [4.69, 9.17) is 9.47 Å². The molecular weight excluding hydrogens is 554 g/mol. The standard InChI is InChI=1S/C34H37N7O3/c1-43-27-14-15-30-26(21-27)22-29(34(42)35-30)32(33-36-37-38-41(33)23-28-13-8-20-44-28)40-18-16-39(17-19-40)31(24-9-4-2-5-10-24)25-11-6-3-7-12-25/h2-7,9-12,14-15,21-22,28,31-32H,8,13,16-20,23H2,1H3,(H,35,42). The third-order valence-corrected chi connectivity index (χ3v) is 8.89. The number of ether oxygens (including phenoxy) is 2. The molecule has 2 unspecified atom stereocenters. The SMILES string of the molecule is COc1ccc2[nH]c(=O)c(C(c3nnnn3CC3CCCO3)N3CCN(C(c4ccccc4)c4ccccc4)CC3)cc2c1. The topological polar surface area (TPSA) is 101 Å². The number of fused-ring (bicyclic) bond motifs is 1. The number of methoxy groups -OCH3 is 1. The molecule has 4 heterocycles. The lowest BCUT2D eigenvalue weighted by molar-refractivity contribution is 0.0778. The Morgan fingerprint density at radius 1 is 0.909 bits per heavy atom. The summed E-state index contributed by atoms with van der Waals surface area (Å²) in [6, 6.07) is 28.7. The number of aromatic amines is 1. The van der Waals surface area contributed by atoms with Crippen LogP contribution in [0.25, 0.3) is 10.9 Å². The minimum atomic E-state index is -0.431. The van der Waals surface area contributed by atoms with Crippen LogP contribution in [0.3, 0.4) is 0 Å². The van der Waals surface area contributed by atoms with Crippen molar-refractivity contribution in [3.63, 3.8) is 0 Å². The van der Waals surface area contributed by atoms with Crippen molar-refractivity contribution in [2.45, 2.75) is 37.6 Å². The van der Waals surface area contributed by atoms with E-state index in [1.807, 2.05) is 28.9 Å². The fraction of sp³-hybridized carbons (Fsp3) is 0.353. The molecule has 10 nitrogen and oxygen atoms in total. The van der Waals surface area contributed by atoms with E-state index in [2.05, 4.69) is 91.0 Å². The molecule has 10 heteroatoms. The molecule has 0 spiro atoms. The lowest BCUT2D eigenvalue weighted by Crippen LogP contribution is -2.50. The number of benzene rings is 3. The summed E-state index contributed by atoms with van der Waals surface area (Å²) in [7, 11) is 1.65. The third-order valence-electron chi connectivity index (χ3n) is 8.89. The maximum atomic E-state index is 13.7. The number of nitrogens with zero attached hydrogens (tertiary/aromatic N) is 6. The maximum absolute atomic E-state index is 13.7. The monoisotopic (exact) mass is 591 g/mol. The van der Waals surface area contributed by atoms with Gasteiger partial charge in [-0.2, -0.15) is 0 Å². The van der Waals surface area contributed by atoms with Crippen molar-refractivity contribution in [1.29, 1.82) is 0 Å². The highest BCUT2D eigenvalue weighted by atomic mass is 16.5. The van der Waals surface area contributed by atoms with Crippen LogP contribution in [0.5, 0.6) is 5.75 Å². The Balaban J connectivity index is 1.24. The minimum Gasteiger partial charge on any atom is -0.497 e. The van der Waals surface area contributed by atoms with Crippen molar-refractivity contribution in [3.05, 3.63) is 118 Å². The second kappa shape index (κ2) is 12.7. The van der Waals surface area contributed by atoms with Crippen LogP contribution < -0.4 is 10.3 Å². The van der Waals surface area contributed by atoms with E-state index in [0.29, 0.717) is 17.9 Å². The summed E-state index contributed by atoms with van der Waals surface area (Å²) in [6.45, 7) is 4.42. The minimum absolute atomic E-state index is 0.0615. The molecule has 0 amide bonds. The van der Waals surface area contributed by atoms with Crippen molar-refractivity contribution in [2.24, 2.45) is 0 Å². The van der Waals surface area contributed by atoms with Crippen LogP contribution in [-0.4, -0.2) is 81.0 Å². The van der Waals surface area contributed by atoms with E-state index in [9.17, 15) is 4.79 Å². The van der Waals surface area contributed by atoms with Gasteiger partial charge in [0.05, 0.1) is 25.8 Å². The maximum Gasteiger partial charge on any atom is 0.253 e. The predicted octanol–water partition coefficient (Wildman–Crippen LogP) is 4.20. The second-order valence-corrected chi connectivity index (χ2v) is 11.6. The number of pyridine rings is 1. The number of aromatic nitrogens is 5. The van der Waals surface area contributed by atoms with Crippen LogP contribution in [0.1, 0.15) is 47.4 Å². The number of hydrogen-bond acceptors (Lipinski definition) is 8.